The standard InChI is InChI=1S/C22H25N5O2/c28-19(15-26-12-4-1-5-13-26)27-14-6-9-18(27)21-24-25-22(29-21)20-17-8-3-2-7-16(17)10-11-23-20/h2-3,7-8,10-11,18H,1,4-6,9,12-15H2/t18-/m0/s1. The zero-order valence-electron chi connectivity index (χ0n) is 16.5. The van der Waals surface area contributed by atoms with E-state index in [0.717, 1.165) is 43.2 Å². The van der Waals surface area contributed by atoms with Gasteiger partial charge in [-0.25, -0.2) is 0 Å². The molecule has 4 heterocycles. The van der Waals surface area contributed by atoms with Gasteiger partial charge in [0.15, 0.2) is 0 Å². The summed E-state index contributed by atoms with van der Waals surface area (Å²) in [5.41, 5.74) is 0.686. The first-order valence-electron chi connectivity index (χ1n) is 10.5. The lowest BCUT2D eigenvalue weighted by Gasteiger charge is -2.29. The van der Waals surface area contributed by atoms with Crippen molar-refractivity contribution in [3.63, 3.8) is 0 Å². The van der Waals surface area contributed by atoms with Gasteiger partial charge in [0.2, 0.25) is 11.8 Å². The third kappa shape index (κ3) is 3.62. The SMILES string of the molecule is O=C(CN1CCCCC1)N1CCC[C@H]1c1nnc(-c2nccc3ccccc23)o1. The van der Waals surface area contributed by atoms with E-state index in [2.05, 4.69) is 20.1 Å². The van der Waals surface area contributed by atoms with Crippen molar-refractivity contribution in [2.45, 2.75) is 38.1 Å². The summed E-state index contributed by atoms with van der Waals surface area (Å²) in [4.78, 5) is 21.6. The van der Waals surface area contributed by atoms with Crippen molar-refractivity contribution in [3.05, 3.63) is 42.4 Å². The Morgan fingerprint density at radius 2 is 1.90 bits per heavy atom. The molecule has 0 aliphatic carbocycles. The lowest BCUT2D eigenvalue weighted by Crippen LogP contribution is -2.42. The topological polar surface area (TPSA) is 75.4 Å². The van der Waals surface area contributed by atoms with Crippen molar-refractivity contribution < 1.29 is 9.21 Å². The molecule has 0 saturated carbocycles. The molecule has 1 aromatic carbocycles. The average Bonchev–Trinajstić information content (AvgIpc) is 3.43. The summed E-state index contributed by atoms with van der Waals surface area (Å²) in [6.07, 6.45) is 7.20. The fourth-order valence-electron chi connectivity index (χ4n) is 4.48. The maximum atomic E-state index is 12.9. The van der Waals surface area contributed by atoms with Gasteiger partial charge in [0.1, 0.15) is 11.7 Å². The summed E-state index contributed by atoms with van der Waals surface area (Å²) >= 11 is 0. The molecule has 7 nitrogen and oxygen atoms in total. The molecule has 5 rings (SSSR count). The number of pyridine rings is 1. The first kappa shape index (κ1) is 18.2. The van der Waals surface area contributed by atoms with Crippen LogP contribution in [0, 0.1) is 0 Å². The third-order valence-corrected chi connectivity index (χ3v) is 5.98. The van der Waals surface area contributed by atoms with Crippen molar-refractivity contribution in [2.75, 3.05) is 26.2 Å². The highest BCUT2D eigenvalue weighted by molar-refractivity contribution is 5.92. The van der Waals surface area contributed by atoms with Crippen molar-refractivity contribution in [3.8, 4) is 11.6 Å². The maximum Gasteiger partial charge on any atom is 0.267 e. The minimum Gasteiger partial charge on any atom is -0.417 e. The second-order valence-electron chi connectivity index (χ2n) is 7.91. The number of hydrogen-bond donors (Lipinski definition) is 0. The molecule has 2 saturated heterocycles. The number of rotatable bonds is 4. The Hall–Kier alpha value is -2.80. The quantitative estimate of drug-likeness (QED) is 0.678. The fraction of sp³-hybridized carbons (Fsp3) is 0.455. The van der Waals surface area contributed by atoms with Gasteiger partial charge in [0.25, 0.3) is 5.89 Å². The minimum absolute atomic E-state index is 0.136. The molecule has 7 heteroatoms. The largest absolute Gasteiger partial charge is 0.417 e. The molecule has 150 valence electrons. The molecule has 2 fully saturated rings. The van der Waals surface area contributed by atoms with Crippen molar-refractivity contribution in [1.82, 2.24) is 25.0 Å². The van der Waals surface area contributed by atoms with Crippen LogP contribution in [0.15, 0.2) is 40.9 Å². The van der Waals surface area contributed by atoms with E-state index in [4.69, 9.17) is 4.42 Å². The number of fused-ring (bicyclic) bond motifs is 1. The molecule has 0 spiro atoms. The molecule has 2 aliphatic rings. The van der Waals surface area contributed by atoms with Crippen LogP contribution in [0.4, 0.5) is 0 Å². The number of piperidine rings is 1. The minimum atomic E-state index is -0.136. The van der Waals surface area contributed by atoms with Crippen LogP contribution in [-0.2, 0) is 4.79 Å². The van der Waals surface area contributed by atoms with Crippen molar-refractivity contribution >= 4 is 16.7 Å². The highest BCUT2D eigenvalue weighted by Gasteiger charge is 2.34. The van der Waals surface area contributed by atoms with Crippen LogP contribution in [0.5, 0.6) is 0 Å². The van der Waals surface area contributed by atoms with E-state index in [9.17, 15) is 4.79 Å². The zero-order chi connectivity index (χ0) is 19.6. The molecule has 2 aromatic heterocycles. The first-order chi connectivity index (χ1) is 14.3. The second kappa shape index (κ2) is 7.91. The average molecular weight is 391 g/mol. The van der Waals surface area contributed by atoms with Gasteiger partial charge in [-0.1, -0.05) is 30.7 Å². The van der Waals surface area contributed by atoms with Gasteiger partial charge >= 0.3 is 0 Å². The summed E-state index contributed by atoms with van der Waals surface area (Å²) in [5, 5.41) is 10.6. The number of benzene rings is 1. The van der Waals surface area contributed by atoms with Gasteiger partial charge in [-0.15, -0.1) is 10.2 Å². The molecular weight excluding hydrogens is 366 g/mol. The van der Waals surface area contributed by atoms with E-state index in [0.29, 0.717) is 24.0 Å². The summed E-state index contributed by atoms with van der Waals surface area (Å²) in [6, 6.07) is 9.84. The molecule has 2 aliphatic heterocycles. The number of carbonyl (C=O) groups excluding carboxylic acids is 1. The Bertz CT molecular complexity index is 1010. The summed E-state index contributed by atoms with van der Waals surface area (Å²) in [7, 11) is 0. The van der Waals surface area contributed by atoms with Crippen molar-refractivity contribution in [1.29, 1.82) is 0 Å². The molecule has 0 bridgehead atoms. The fourth-order valence-corrected chi connectivity index (χ4v) is 4.48. The smallest absolute Gasteiger partial charge is 0.267 e. The number of carbonyl (C=O) groups is 1. The van der Waals surface area contributed by atoms with Crippen LogP contribution in [0.25, 0.3) is 22.4 Å². The molecule has 0 unspecified atom stereocenters. The highest BCUT2D eigenvalue weighted by atomic mass is 16.4. The summed E-state index contributed by atoms with van der Waals surface area (Å²) < 4.78 is 6.04. The van der Waals surface area contributed by atoms with Gasteiger partial charge in [-0.05, 0) is 50.2 Å². The number of amides is 1. The Balaban J connectivity index is 1.37. The first-order valence-corrected chi connectivity index (χ1v) is 10.5. The second-order valence-corrected chi connectivity index (χ2v) is 7.91. The van der Waals surface area contributed by atoms with Crippen LogP contribution < -0.4 is 0 Å². The lowest BCUT2D eigenvalue weighted by atomic mass is 10.1. The van der Waals surface area contributed by atoms with Crippen LogP contribution in [0.2, 0.25) is 0 Å². The number of hydrogen-bond acceptors (Lipinski definition) is 6. The zero-order valence-corrected chi connectivity index (χ0v) is 16.5. The van der Waals surface area contributed by atoms with E-state index in [1.165, 1.54) is 19.3 Å². The van der Waals surface area contributed by atoms with Crippen LogP contribution >= 0.6 is 0 Å². The van der Waals surface area contributed by atoms with Gasteiger partial charge in [-0.3, -0.25) is 14.7 Å². The lowest BCUT2D eigenvalue weighted by molar-refractivity contribution is -0.134. The van der Waals surface area contributed by atoms with Gasteiger partial charge in [-0.2, -0.15) is 0 Å². The molecule has 3 aromatic rings. The predicted molar refractivity (Wildman–Crippen MR) is 109 cm³/mol. The summed E-state index contributed by atoms with van der Waals surface area (Å²) in [5.74, 6) is 1.09. The Morgan fingerprint density at radius 3 is 2.79 bits per heavy atom. The van der Waals surface area contributed by atoms with Crippen LogP contribution in [0.3, 0.4) is 0 Å². The normalized spacial score (nSPS) is 20.4. The van der Waals surface area contributed by atoms with E-state index in [-0.39, 0.29) is 11.9 Å². The van der Waals surface area contributed by atoms with Gasteiger partial charge < -0.3 is 9.32 Å². The van der Waals surface area contributed by atoms with E-state index >= 15 is 0 Å². The number of nitrogens with zero attached hydrogens (tertiary/aromatic N) is 5. The number of likely N-dealkylation sites (tertiary alicyclic amines) is 2. The molecule has 1 atom stereocenters. The molecule has 1 amide bonds. The van der Waals surface area contributed by atoms with E-state index in [1.807, 2.05) is 35.2 Å². The number of aromatic nitrogens is 3. The predicted octanol–water partition coefficient (Wildman–Crippen LogP) is 3.43. The molecule has 0 N–H and O–H groups in total. The van der Waals surface area contributed by atoms with Gasteiger partial charge in [0.05, 0.1) is 6.54 Å². The Kier molecular flexibility index (Phi) is 4.97. The highest BCUT2D eigenvalue weighted by Crippen LogP contribution is 2.33. The maximum absolute atomic E-state index is 12.9. The Labute approximate surface area is 169 Å². The monoisotopic (exact) mass is 391 g/mol. The van der Waals surface area contributed by atoms with E-state index in [1.54, 1.807) is 6.20 Å². The van der Waals surface area contributed by atoms with Crippen LogP contribution in [-0.4, -0.2) is 57.1 Å². The van der Waals surface area contributed by atoms with E-state index < -0.39 is 0 Å². The van der Waals surface area contributed by atoms with Crippen molar-refractivity contribution in [2.24, 2.45) is 0 Å². The van der Waals surface area contributed by atoms with Gasteiger partial charge in [0, 0.05) is 18.1 Å². The van der Waals surface area contributed by atoms with Crippen LogP contribution in [0.1, 0.15) is 44.0 Å². The molecule has 29 heavy (non-hydrogen) atoms. The third-order valence-electron chi connectivity index (χ3n) is 5.98. The molecule has 0 radical (unpaired) electrons. The summed E-state index contributed by atoms with van der Waals surface area (Å²) in [6.45, 7) is 3.27. The molecular formula is C22H25N5O2. The Morgan fingerprint density at radius 1 is 1.03 bits per heavy atom.